The number of ether oxygens (including phenoxy) is 1. The Morgan fingerprint density at radius 2 is 2.04 bits per heavy atom. The van der Waals surface area contributed by atoms with Crippen molar-refractivity contribution in [2.45, 2.75) is 45.1 Å². The van der Waals surface area contributed by atoms with Crippen LogP contribution in [0.25, 0.3) is 6.08 Å². The number of phenolic OH excluding ortho intramolecular Hbond substituents is 1. The van der Waals surface area contributed by atoms with Crippen LogP contribution in [-0.2, 0) is 4.79 Å². The zero-order valence-electron chi connectivity index (χ0n) is 15.0. The van der Waals surface area contributed by atoms with Gasteiger partial charge in [-0.25, -0.2) is 0 Å². The second-order valence-electron chi connectivity index (χ2n) is 6.62. The molecule has 2 aliphatic rings. The molecule has 0 bridgehead atoms. The van der Waals surface area contributed by atoms with Crippen LogP contribution in [0.15, 0.2) is 17.8 Å². The van der Waals surface area contributed by atoms with Crippen molar-refractivity contribution in [3.63, 3.8) is 0 Å². The van der Waals surface area contributed by atoms with Crippen LogP contribution >= 0.6 is 23.8 Å². The number of carbonyl (C=O) groups is 1. The summed E-state index contributed by atoms with van der Waals surface area (Å²) in [5.41, 5.74) is 1.18. The van der Waals surface area contributed by atoms with E-state index in [0.29, 0.717) is 28.7 Å². The lowest BCUT2D eigenvalue weighted by molar-refractivity contribution is -0.124. The van der Waals surface area contributed by atoms with E-state index >= 15 is 0 Å². The summed E-state index contributed by atoms with van der Waals surface area (Å²) in [7, 11) is 1.81. The lowest BCUT2D eigenvalue weighted by atomic mass is 9.94. The molecule has 26 heavy (non-hydrogen) atoms. The molecule has 1 saturated carbocycles. The zero-order chi connectivity index (χ0) is 18.8. The number of hydrogen-bond acceptors (Lipinski definition) is 4. The quantitative estimate of drug-likeness (QED) is 0.613. The monoisotopic (exact) mass is 394 g/mol. The molecule has 1 aliphatic carbocycles. The maximum absolute atomic E-state index is 13.0. The topological polar surface area (TPSA) is 53.0 Å². The van der Waals surface area contributed by atoms with Crippen molar-refractivity contribution in [1.29, 1.82) is 0 Å². The Bertz CT molecular complexity index is 759. The molecule has 1 N–H and O–H groups in total. The lowest BCUT2D eigenvalue weighted by Gasteiger charge is -2.30. The average molecular weight is 395 g/mol. The van der Waals surface area contributed by atoms with Crippen molar-refractivity contribution in [1.82, 2.24) is 9.80 Å². The summed E-state index contributed by atoms with van der Waals surface area (Å²) in [6.45, 7) is 2.23. The van der Waals surface area contributed by atoms with E-state index in [2.05, 4.69) is 0 Å². The van der Waals surface area contributed by atoms with Crippen molar-refractivity contribution >= 4 is 40.9 Å². The molecule has 1 aromatic carbocycles. The Kier molecular flexibility index (Phi) is 5.73. The van der Waals surface area contributed by atoms with E-state index in [1.165, 1.54) is 6.42 Å². The van der Waals surface area contributed by atoms with E-state index in [1.54, 1.807) is 35.1 Å². The van der Waals surface area contributed by atoms with Gasteiger partial charge in [-0.05, 0) is 55.8 Å². The van der Waals surface area contributed by atoms with Gasteiger partial charge in [-0.1, -0.05) is 30.9 Å². The Labute approximate surface area is 164 Å². The van der Waals surface area contributed by atoms with Crippen molar-refractivity contribution in [3.05, 3.63) is 28.4 Å². The molecule has 140 valence electrons. The summed E-state index contributed by atoms with van der Waals surface area (Å²) >= 11 is 11.6. The van der Waals surface area contributed by atoms with Gasteiger partial charge in [0.1, 0.15) is 5.70 Å². The van der Waals surface area contributed by atoms with Crippen LogP contribution in [-0.4, -0.2) is 45.6 Å². The van der Waals surface area contributed by atoms with Gasteiger partial charge in [0.2, 0.25) is 0 Å². The molecule has 1 heterocycles. The second kappa shape index (κ2) is 7.84. The van der Waals surface area contributed by atoms with E-state index in [-0.39, 0.29) is 22.7 Å². The van der Waals surface area contributed by atoms with Crippen LogP contribution in [0.4, 0.5) is 0 Å². The predicted molar refractivity (Wildman–Crippen MR) is 106 cm³/mol. The molecule has 0 spiro atoms. The number of halogens is 1. The highest BCUT2D eigenvalue weighted by molar-refractivity contribution is 7.80. The maximum Gasteiger partial charge on any atom is 0.277 e. The largest absolute Gasteiger partial charge is 0.503 e. The molecule has 1 amide bonds. The molecule has 0 atom stereocenters. The minimum absolute atomic E-state index is 0.0773. The van der Waals surface area contributed by atoms with Crippen LogP contribution in [0, 0.1) is 0 Å². The van der Waals surface area contributed by atoms with Gasteiger partial charge in [0, 0.05) is 13.1 Å². The van der Waals surface area contributed by atoms with Crippen molar-refractivity contribution in [3.8, 4) is 11.5 Å². The third-order valence-electron chi connectivity index (χ3n) is 4.89. The number of thiocarbonyl (C=S) groups is 1. The van der Waals surface area contributed by atoms with Crippen molar-refractivity contribution in [2.75, 3.05) is 13.7 Å². The van der Waals surface area contributed by atoms with E-state index < -0.39 is 0 Å². The van der Waals surface area contributed by atoms with Gasteiger partial charge in [0.05, 0.1) is 11.6 Å². The number of carbonyl (C=O) groups excluding carboxylic acids is 1. The number of amides is 1. The standard InChI is InChI=1S/C19H23ClN2O3S/c1-3-25-16-11-12(9-14(20)17(16)23)10-15-18(24)22(19(26)21(15)2)13-7-5-4-6-8-13/h9-11,13,23H,3-8H2,1-2H3. The Hall–Kier alpha value is -1.79. The number of benzene rings is 1. The molecule has 0 radical (unpaired) electrons. The number of phenols is 1. The highest BCUT2D eigenvalue weighted by atomic mass is 35.5. The Morgan fingerprint density at radius 1 is 1.35 bits per heavy atom. The number of likely N-dealkylation sites (N-methyl/N-ethyl adjacent to an activating group) is 1. The van der Waals surface area contributed by atoms with Gasteiger partial charge in [-0.2, -0.15) is 0 Å². The number of nitrogens with zero attached hydrogens (tertiary/aromatic N) is 2. The first kappa shape index (κ1) is 19.0. The van der Waals surface area contributed by atoms with Crippen molar-refractivity contribution < 1.29 is 14.6 Å². The minimum atomic E-state index is -0.0962. The first-order chi connectivity index (χ1) is 12.4. The smallest absolute Gasteiger partial charge is 0.277 e. The van der Waals surface area contributed by atoms with E-state index in [4.69, 9.17) is 28.6 Å². The third kappa shape index (κ3) is 3.53. The van der Waals surface area contributed by atoms with Gasteiger partial charge >= 0.3 is 0 Å². The van der Waals surface area contributed by atoms with E-state index in [1.807, 2.05) is 6.92 Å². The molecule has 0 unspecified atom stereocenters. The molecule has 1 aliphatic heterocycles. The van der Waals surface area contributed by atoms with Crippen LogP contribution in [0.5, 0.6) is 11.5 Å². The summed E-state index contributed by atoms with van der Waals surface area (Å²) in [4.78, 5) is 16.5. The summed E-state index contributed by atoms with van der Waals surface area (Å²) in [6, 6.07) is 3.46. The normalized spacial score (nSPS) is 20.3. The SMILES string of the molecule is CCOc1cc(C=C2C(=O)N(C3CCCCC3)C(=S)N2C)cc(Cl)c1O. The summed E-state index contributed by atoms with van der Waals surface area (Å²) in [6.07, 6.45) is 7.20. The van der Waals surface area contributed by atoms with Gasteiger partial charge in [-0.3, -0.25) is 9.69 Å². The zero-order valence-corrected chi connectivity index (χ0v) is 16.6. The number of rotatable bonds is 4. The molecule has 2 fully saturated rings. The Balaban J connectivity index is 1.93. The van der Waals surface area contributed by atoms with Gasteiger partial charge in [0.25, 0.3) is 5.91 Å². The second-order valence-corrected chi connectivity index (χ2v) is 7.39. The summed E-state index contributed by atoms with van der Waals surface area (Å²) in [5, 5.41) is 10.7. The highest BCUT2D eigenvalue weighted by Crippen LogP contribution is 2.37. The van der Waals surface area contributed by atoms with Gasteiger partial charge in [0.15, 0.2) is 16.6 Å². The molecule has 3 rings (SSSR count). The lowest BCUT2D eigenvalue weighted by Crippen LogP contribution is -2.41. The fourth-order valence-corrected chi connectivity index (χ4v) is 4.09. The first-order valence-electron chi connectivity index (χ1n) is 8.92. The predicted octanol–water partition coefficient (Wildman–Crippen LogP) is 4.18. The summed E-state index contributed by atoms with van der Waals surface area (Å²) in [5.74, 6) is 0.124. The average Bonchev–Trinajstić information content (AvgIpc) is 2.83. The summed E-state index contributed by atoms with van der Waals surface area (Å²) < 4.78 is 5.42. The van der Waals surface area contributed by atoms with E-state index in [0.717, 1.165) is 25.7 Å². The minimum Gasteiger partial charge on any atom is -0.503 e. The Morgan fingerprint density at radius 3 is 2.69 bits per heavy atom. The fraction of sp³-hybridized carbons (Fsp3) is 0.474. The van der Waals surface area contributed by atoms with Gasteiger partial charge in [-0.15, -0.1) is 0 Å². The molecular formula is C19H23ClN2O3S. The fourth-order valence-electron chi connectivity index (χ4n) is 3.54. The van der Waals surface area contributed by atoms with Crippen molar-refractivity contribution in [2.24, 2.45) is 0 Å². The molecule has 7 heteroatoms. The van der Waals surface area contributed by atoms with Crippen LogP contribution < -0.4 is 4.74 Å². The number of hydrogen-bond donors (Lipinski definition) is 1. The van der Waals surface area contributed by atoms with Crippen LogP contribution in [0.2, 0.25) is 5.02 Å². The van der Waals surface area contributed by atoms with Gasteiger partial charge < -0.3 is 14.7 Å². The molecule has 1 aromatic rings. The maximum atomic E-state index is 13.0. The molecule has 5 nitrogen and oxygen atoms in total. The van der Waals surface area contributed by atoms with E-state index in [9.17, 15) is 9.90 Å². The molecule has 1 saturated heterocycles. The van der Waals surface area contributed by atoms with Crippen LogP contribution in [0.1, 0.15) is 44.6 Å². The molecular weight excluding hydrogens is 372 g/mol. The first-order valence-corrected chi connectivity index (χ1v) is 9.71. The number of aromatic hydroxyl groups is 1. The highest BCUT2D eigenvalue weighted by Gasteiger charge is 2.40. The van der Waals surface area contributed by atoms with Crippen LogP contribution in [0.3, 0.4) is 0 Å². The third-order valence-corrected chi connectivity index (χ3v) is 5.64. The molecule has 0 aromatic heterocycles.